The van der Waals surface area contributed by atoms with Gasteiger partial charge in [0.1, 0.15) is 0 Å². The molecule has 0 aliphatic carbocycles. The van der Waals surface area contributed by atoms with E-state index in [1.807, 2.05) is 0 Å². The monoisotopic (exact) mass is 119 g/mol. The maximum Gasteiger partial charge on any atom is 0.176 e. The Morgan fingerprint density at radius 1 is 1.57 bits per heavy atom. The Bertz CT molecular complexity index is 153. The zero-order valence-corrected chi connectivity index (χ0v) is 5.12. The standard InChI is InChI=1S/C4H7O2S/c1-3-4-7(2,5)6/h3H,1-2H3. The van der Waals surface area contributed by atoms with Crippen molar-refractivity contribution < 1.29 is 8.42 Å². The van der Waals surface area contributed by atoms with E-state index in [-0.39, 0.29) is 0 Å². The van der Waals surface area contributed by atoms with Gasteiger partial charge >= 0.3 is 0 Å². The molecule has 0 saturated carbocycles. The van der Waals surface area contributed by atoms with Gasteiger partial charge in [0.15, 0.2) is 9.84 Å². The molecular formula is C4H7O2S. The molecule has 0 aromatic heterocycles. The van der Waals surface area contributed by atoms with Gasteiger partial charge in [-0.2, -0.15) is 0 Å². The van der Waals surface area contributed by atoms with Crippen LogP contribution in [0.25, 0.3) is 0 Å². The topological polar surface area (TPSA) is 34.1 Å². The second-order valence-electron chi connectivity index (χ2n) is 1.18. The summed E-state index contributed by atoms with van der Waals surface area (Å²) in [5.74, 6) is 0. The molecule has 0 aromatic carbocycles. The van der Waals surface area contributed by atoms with E-state index in [9.17, 15) is 8.42 Å². The highest BCUT2D eigenvalue weighted by atomic mass is 32.2. The minimum Gasteiger partial charge on any atom is -0.224 e. The summed E-state index contributed by atoms with van der Waals surface area (Å²) < 4.78 is 20.2. The summed E-state index contributed by atoms with van der Waals surface area (Å²) in [5.41, 5.74) is 0. The SMILES string of the molecule is C/C=[C]/S(C)(=O)=O. The molecule has 0 bridgehead atoms. The molecule has 0 aromatic rings. The average molecular weight is 119 g/mol. The van der Waals surface area contributed by atoms with E-state index in [4.69, 9.17) is 0 Å². The first kappa shape index (κ1) is 6.69. The van der Waals surface area contributed by atoms with Crippen molar-refractivity contribution in [1.29, 1.82) is 0 Å². The molecule has 0 aliphatic heterocycles. The van der Waals surface area contributed by atoms with Crippen molar-refractivity contribution in [2.45, 2.75) is 6.92 Å². The molecular weight excluding hydrogens is 112 g/mol. The molecule has 0 unspecified atom stereocenters. The van der Waals surface area contributed by atoms with Gasteiger partial charge in [0.2, 0.25) is 0 Å². The Morgan fingerprint density at radius 2 is 2.00 bits per heavy atom. The predicted octanol–water partition coefficient (Wildman–Crippen LogP) is 0.368. The summed E-state index contributed by atoms with van der Waals surface area (Å²) in [7, 11) is -2.98. The zero-order valence-electron chi connectivity index (χ0n) is 4.30. The van der Waals surface area contributed by atoms with Crippen LogP contribution in [0.15, 0.2) is 6.08 Å². The van der Waals surface area contributed by atoms with E-state index in [0.717, 1.165) is 6.26 Å². The lowest BCUT2D eigenvalue weighted by atomic mass is 10.8. The van der Waals surface area contributed by atoms with Crippen LogP contribution in [0.3, 0.4) is 0 Å². The maximum atomic E-state index is 10.1. The van der Waals surface area contributed by atoms with Crippen molar-refractivity contribution in [1.82, 2.24) is 0 Å². The van der Waals surface area contributed by atoms with E-state index >= 15 is 0 Å². The predicted molar refractivity (Wildman–Crippen MR) is 28.3 cm³/mol. The van der Waals surface area contributed by atoms with Crippen LogP contribution in [0.2, 0.25) is 0 Å². The molecule has 7 heavy (non-hydrogen) atoms. The van der Waals surface area contributed by atoms with Gasteiger partial charge in [0, 0.05) is 6.26 Å². The Kier molecular flexibility index (Phi) is 2.02. The van der Waals surface area contributed by atoms with Gasteiger partial charge in [0.05, 0.1) is 5.41 Å². The van der Waals surface area contributed by atoms with Gasteiger partial charge < -0.3 is 0 Å². The third-order valence-electron chi connectivity index (χ3n) is 0.332. The molecule has 0 fully saturated rings. The second-order valence-corrected chi connectivity index (χ2v) is 2.96. The first-order valence-electron chi connectivity index (χ1n) is 1.81. The Labute approximate surface area is 43.8 Å². The van der Waals surface area contributed by atoms with Gasteiger partial charge in [-0.25, -0.2) is 8.42 Å². The smallest absolute Gasteiger partial charge is 0.176 e. The lowest BCUT2D eigenvalue weighted by molar-refractivity contribution is 0.609. The van der Waals surface area contributed by atoms with E-state index < -0.39 is 9.84 Å². The third-order valence-corrected chi connectivity index (χ3v) is 0.996. The summed E-state index contributed by atoms with van der Waals surface area (Å²) in [6.45, 7) is 1.61. The van der Waals surface area contributed by atoms with Gasteiger partial charge in [-0.15, -0.1) is 0 Å². The van der Waals surface area contributed by atoms with Crippen LogP contribution in [0, 0.1) is 5.41 Å². The Balaban J connectivity index is 4.13. The Morgan fingerprint density at radius 3 is 2.00 bits per heavy atom. The number of hydrogen-bond donors (Lipinski definition) is 0. The minimum absolute atomic E-state index is 1.10. The Hall–Kier alpha value is -0.310. The third kappa shape index (κ3) is 5.69. The fraction of sp³-hybridized carbons (Fsp3) is 0.500. The summed E-state index contributed by atoms with van der Waals surface area (Å²) in [4.78, 5) is 0. The highest BCUT2D eigenvalue weighted by Crippen LogP contribution is 1.79. The van der Waals surface area contributed by atoms with Crippen molar-refractivity contribution in [2.75, 3.05) is 6.26 Å². The van der Waals surface area contributed by atoms with E-state index in [1.165, 1.54) is 6.08 Å². The molecule has 3 heteroatoms. The fourth-order valence-electron chi connectivity index (χ4n) is 0.214. The zero-order chi connectivity index (χ0) is 5.91. The molecule has 0 atom stereocenters. The summed E-state index contributed by atoms with van der Waals surface area (Å²) in [6, 6.07) is 0. The molecule has 2 nitrogen and oxygen atoms in total. The molecule has 0 amide bonds. The van der Waals surface area contributed by atoms with Gasteiger partial charge in [-0.05, 0) is 6.92 Å². The number of hydrogen-bond acceptors (Lipinski definition) is 2. The fourth-order valence-corrected chi connectivity index (χ4v) is 0.642. The van der Waals surface area contributed by atoms with E-state index in [0.29, 0.717) is 0 Å². The maximum absolute atomic E-state index is 10.1. The van der Waals surface area contributed by atoms with Crippen LogP contribution < -0.4 is 0 Å². The molecule has 0 saturated heterocycles. The first-order chi connectivity index (χ1) is 3.06. The van der Waals surface area contributed by atoms with E-state index in [2.05, 4.69) is 5.41 Å². The van der Waals surface area contributed by atoms with Crippen LogP contribution in [0.4, 0.5) is 0 Å². The first-order valence-corrected chi connectivity index (χ1v) is 3.70. The van der Waals surface area contributed by atoms with Crippen LogP contribution in [0.1, 0.15) is 6.92 Å². The minimum atomic E-state index is -2.98. The van der Waals surface area contributed by atoms with Gasteiger partial charge in [-0.3, -0.25) is 0 Å². The van der Waals surface area contributed by atoms with Gasteiger partial charge in [-0.1, -0.05) is 6.08 Å². The van der Waals surface area contributed by atoms with Crippen LogP contribution >= 0.6 is 0 Å². The number of rotatable bonds is 1. The van der Waals surface area contributed by atoms with Crippen LogP contribution in [-0.4, -0.2) is 14.7 Å². The van der Waals surface area contributed by atoms with Crippen molar-refractivity contribution in [3.05, 3.63) is 11.5 Å². The van der Waals surface area contributed by atoms with E-state index in [1.54, 1.807) is 6.92 Å². The quantitative estimate of drug-likeness (QED) is 0.499. The molecule has 0 aliphatic rings. The van der Waals surface area contributed by atoms with Crippen molar-refractivity contribution in [3.8, 4) is 0 Å². The van der Waals surface area contributed by atoms with Crippen molar-refractivity contribution in [3.63, 3.8) is 0 Å². The van der Waals surface area contributed by atoms with Crippen molar-refractivity contribution >= 4 is 9.84 Å². The summed E-state index contributed by atoms with van der Waals surface area (Å²) in [5, 5.41) is 2.13. The average Bonchev–Trinajstić information content (AvgIpc) is 1.30. The normalized spacial score (nSPS) is 12.9. The molecule has 0 N–H and O–H groups in total. The lowest BCUT2D eigenvalue weighted by Crippen LogP contribution is -1.87. The summed E-state index contributed by atoms with van der Waals surface area (Å²) >= 11 is 0. The van der Waals surface area contributed by atoms with Gasteiger partial charge in [0.25, 0.3) is 0 Å². The highest BCUT2D eigenvalue weighted by Gasteiger charge is 1.89. The molecule has 0 rings (SSSR count). The van der Waals surface area contributed by atoms with Crippen LogP contribution in [-0.2, 0) is 9.84 Å². The van der Waals surface area contributed by atoms with Crippen molar-refractivity contribution in [2.24, 2.45) is 0 Å². The number of allylic oxidation sites excluding steroid dienone is 1. The molecule has 1 radical (unpaired) electrons. The highest BCUT2D eigenvalue weighted by molar-refractivity contribution is 7.92. The summed E-state index contributed by atoms with van der Waals surface area (Å²) in [6.07, 6.45) is 2.47. The molecule has 0 spiro atoms. The van der Waals surface area contributed by atoms with Crippen LogP contribution in [0.5, 0.6) is 0 Å². The largest absolute Gasteiger partial charge is 0.224 e. The second kappa shape index (κ2) is 2.12. The molecule has 41 valence electrons. The number of sulfone groups is 1. The molecule has 0 heterocycles. The lowest BCUT2D eigenvalue weighted by Gasteiger charge is -1.75.